The number of carbonyl (C=O) groups excluding carboxylic acids is 1. The van der Waals surface area contributed by atoms with Gasteiger partial charge < -0.3 is 15.1 Å². The van der Waals surface area contributed by atoms with Crippen molar-refractivity contribution in [3.05, 3.63) is 64.7 Å². The maximum atomic E-state index is 12.6. The third kappa shape index (κ3) is 5.03. The van der Waals surface area contributed by atoms with Crippen LogP contribution in [0.2, 0.25) is 0 Å². The highest BCUT2D eigenvalue weighted by Gasteiger charge is 2.23. The summed E-state index contributed by atoms with van der Waals surface area (Å²) in [6.07, 6.45) is 3.14. The molecule has 1 amide bonds. The fourth-order valence-corrected chi connectivity index (χ4v) is 3.41. The summed E-state index contributed by atoms with van der Waals surface area (Å²) in [6, 6.07) is 8.95. The van der Waals surface area contributed by atoms with Gasteiger partial charge in [-0.2, -0.15) is 0 Å². The third-order valence-corrected chi connectivity index (χ3v) is 5.02. The maximum Gasteiger partial charge on any atom is 0.253 e. The van der Waals surface area contributed by atoms with E-state index in [1.807, 2.05) is 31.2 Å². The standard InChI is InChI=1S/C21H24N8O2/c1-15-11-20(30)29(14-23-15)13-21(31)28-9-7-27(8-10-28)19-12-18(24-16(2)25-19)26-17-5-3-4-6-22-17/h3-6,11-12,14H,7-10,13H2,1-2H3,(H,22,24,25,26). The van der Waals surface area contributed by atoms with Crippen molar-refractivity contribution >= 4 is 23.4 Å². The van der Waals surface area contributed by atoms with Gasteiger partial charge in [0.25, 0.3) is 5.56 Å². The maximum absolute atomic E-state index is 12.6. The van der Waals surface area contributed by atoms with Crippen molar-refractivity contribution in [2.75, 3.05) is 36.4 Å². The molecule has 0 saturated carbocycles. The second-order valence-electron chi connectivity index (χ2n) is 7.36. The molecule has 0 unspecified atom stereocenters. The monoisotopic (exact) mass is 420 g/mol. The van der Waals surface area contributed by atoms with Gasteiger partial charge in [0.1, 0.15) is 29.8 Å². The van der Waals surface area contributed by atoms with Gasteiger partial charge in [-0.25, -0.2) is 19.9 Å². The Hall–Kier alpha value is -3.82. The second kappa shape index (κ2) is 8.90. The lowest BCUT2D eigenvalue weighted by molar-refractivity contribution is -0.132. The molecule has 0 aromatic carbocycles. The summed E-state index contributed by atoms with van der Waals surface area (Å²) < 4.78 is 1.34. The average Bonchev–Trinajstić information content (AvgIpc) is 2.76. The van der Waals surface area contributed by atoms with Crippen LogP contribution < -0.4 is 15.8 Å². The Labute approximate surface area is 179 Å². The minimum atomic E-state index is -0.219. The number of anilines is 3. The molecule has 3 aromatic rings. The van der Waals surface area contributed by atoms with Crippen molar-refractivity contribution in [2.45, 2.75) is 20.4 Å². The van der Waals surface area contributed by atoms with Gasteiger partial charge in [0.15, 0.2) is 0 Å². The molecule has 1 fully saturated rings. The molecule has 0 atom stereocenters. The molecule has 31 heavy (non-hydrogen) atoms. The molecule has 10 nitrogen and oxygen atoms in total. The minimum absolute atomic E-state index is 0.00310. The number of nitrogens with one attached hydrogen (secondary N) is 1. The molecule has 0 radical (unpaired) electrons. The predicted molar refractivity (Wildman–Crippen MR) is 116 cm³/mol. The van der Waals surface area contributed by atoms with E-state index in [-0.39, 0.29) is 18.0 Å². The van der Waals surface area contributed by atoms with Gasteiger partial charge in [-0.05, 0) is 26.0 Å². The number of pyridine rings is 1. The molecule has 0 spiro atoms. The molecule has 10 heteroatoms. The number of rotatable bonds is 5. The number of aromatic nitrogens is 5. The van der Waals surface area contributed by atoms with E-state index in [4.69, 9.17) is 0 Å². The Morgan fingerprint density at radius 1 is 1.03 bits per heavy atom. The van der Waals surface area contributed by atoms with Crippen molar-refractivity contribution < 1.29 is 4.79 Å². The lowest BCUT2D eigenvalue weighted by Crippen LogP contribution is -2.50. The van der Waals surface area contributed by atoms with E-state index in [2.05, 4.69) is 30.2 Å². The Balaban J connectivity index is 1.39. The van der Waals surface area contributed by atoms with Crippen molar-refractivity contribution in [1.29, 1.82) is 0 Å². The van der Waals surface area contributed by atoms with Gasteiger partial charge >= 0.3 is 0 Å². The van der Waals surface area contributed by atoms with Crippen molar-refractivity contribution in [3.8, 4) is 0 Å². The van der Waals surface area contributed by atoms with Gasteiger partial charge in [-0.15, -0.1) is 0 Å². The van der Waals surface area contributed by atoms with Crippen LogP contribution >= 0.6 is 0 Å². The van der Waals surface area contributed by atoms with E-state index >= 15 is 0 Å². The minimum Gasteiger partial charge on any atom is -0.353 e. The Morgan fingerprint density at radius 3 is 2.55 bits per heavy atom. The lowest BCUT2D eigenvalue weighted by atomic mass is 10.3. The number of nitrogens with zero attached hydrogens (tertiary/aromatic N) is 7. The fraction of sp³-hybridized carbons (Fsp3) is 0.333. The van der Waals surface area contributed by atoms with Crippen LogP contribution in [0.1, 0.15) is 11.5 Å². The van der Waals surface area contributed by atoms with Gasteiger partial charge in [-0.1, -0.05) is 6.07 Å². The van der Waals surface area contributed by atoms with Crippen LogP contribution in [-0.2, 0) is 11.3 Å². The molecule has 1 aliphatic rings. The SMILES string of the molecule is Cc1cc(=O)n(CC(=O)N2CCN(c3cc(Nc4ccccn4)nc(C)n3)CC2)cn1. The van der Waals surface area contributed by atoms with Gasteiger partial charge in [0, 0.05) is 50.2 Å². The van der Waals surface area contributed by atoms with E-state index in [9.17, 15) is 9.59 Å². The number of aryl methyl sites for hydroxylation is 2. The summed E-state index contributed by atoms with van der Waals surface area (Å²) in [6.45, 7) is 5.99. The van der Waals surface area contributed by atoms with Crippen molar-refractivity contribution in [1.82, 2.24) is 29.4 Å². The lowest BCUT2D eigenvalue weighted by Gasteiger charge is -2.35. The normalized spacial score (nSPS) is 13.9. The van der Waals surface area contributed by atoms with E-state index in [1.54, 1.807) is 18.0 Å². The quantitative estimate of drug-likeness (QED) is 0.654. The first-order chi connectivity index (χ1) is 15.0. The van der Waals surface area contributed by atoms with Crippen molar-refractivity contribution in [2.24, 2.45) is 0 Å². The summed E-state index contributed by atoms with van der Waals surface area (Å²) in [7, 11) is 0. The van der Waals surface area contributed by atoms with Gasteiger partial charge in [0.05, 0.1) is 6.33 Å². The topological polar surface area (TPSA) is 109 Å². The van der Waals surface area contributed by atoms with E-state index in [0.29, 0.717) is 49.3 Å². The summed E-state index contributed by atoms with van der Waals surface area (Å²) in [5.41, 5.74) is 0.420. The Bertz CT molecular complexity index is 1120. The van der Waals surface area contributed by atoms with Crippen LogP contribution in [-0.4, -0.2) is 61.5 Å². The van der Waals surface area contributed by atoms with Gasteiger partial charge in [0.2, 0.25) is 5.91 Å². The summed E-state index contributed by atoms with van der Waals surface area (Å²) in [4.78, 5) is 45.9. The van der Waals surface area contributed by atoms with Crippen LogP contribution in [0.15, 0.2) is 47.7 Å². The third-order valence-electron chi connectivity index (χ3n) is 5.02. The van der Waals surface area contributed by atoms with E-state index in [0.717, 1.165) is 5.82 Å². The first-order valence-electron chi connectivity index (χ1n) is 10.1. The van der Waals surface area contributed by atoms with Crippen LogP contribution in [0.4, 0.5) is 17.5 Å². The van der Waals surface area contributed by atoms with Crippen molar-refractivity contribution in [3.63, 3.8) is 0 Å². The second-order valence-corrected chi connectivity index (χ2v) is 7.36. The first-order valence-corrected chi connectivity index (χ1v) is 10.1. The number of amides is 1. The first kappa shape index (κ1) is 20.5. The molecule has 1 saturated heterocycles. The average molecular weight is 420 g/mol. The van der Waals surface area contributed by atoms with Crippen LogP contribution in [0.3, 0.4) is 0 Å². The Kier molecular flexibility index (Phi) is 5.87. The summed E-state index contributed by atoms with van der Waals surface area (Å²) in [5.74, 6) is 2.75. The number of carbonyl (C=O) groups is 1. The van der Waals surface area contributed by atoms with Crippen LogP contribution in [0.5, 0.6) is 0 Å². The van der Waals surface area contributed by atoms with Crippen LogP contribution in [0.25, 0.3) is 0 Å². The number of piperazine rings is 1. The zero-order valence-electron chi connectivity index (χ0n) is 17.5. The fourth-order valence-electron chi connectivity index (χ4n) is 3.41. The van der Waals surface area contributed by atoms with Gasteiger partial charge in [-0.3, -0.25) is 14.2 Å². The molecule has 4 rings (SSSR count). The zero-order valence-corrected chi connectivity index (χ0v) is 17.5. The number of hydrogen-bond acceptors (Lipinski definition) is 8. The molecular formula is C21H24N8O2. The molecule has 3 aromatic heterocycles. The molecule has 4 heterocycles. The van der Waals surface area contributed by atoms with E-state index < -0.39 is 0 Å². The molecule has 0 bridgehead atoms. The number of hydrogen-bond donors (Lipinski definition) is 1. The molecular weight excluding hydrogens is 396 g/mol. The molecule has 1 aliphatic heterocycles. The predicted octanol–water partition coefficient (Wildman–Crippen LogP) is 1.14. The van der Waals surface area contributed by atoms with E-state index in [1.165, 1.54) is 17.0 Å². The molecule has 1 N–H and O–H groups in total. The highest BCUT2D eigenvalue weighted by molar-refractivity contribution is 5.76. The largest absolute Gasteiger partial charge is 0.353 e. The molecule has 160 valence electrons. The zero-order chi connectivity index (χ0) is 21.8. The Morgan fingerprint density at radius 2 is 1.84 bits per heavy atom. The highest BCUT2D eigenvalue weighted by atomic mass is 16.2. The molecule has 0 aliphatic carbocycles. The summed E-state index contributed by atoms with van der Waals surface area (Å²) in [5, 5.41) is 3.20. The smallest absolute Gasteiger partial charge is 0.253 e. The highest BCUT2D eigenvalue weighted by Crippen LogP contribution is 2.20. The van der Waals surface area contributed by atoms with Crippen LogP contribution in [0, 0.1) is 13.8 Å². The summed E-state index contributed by atoms with van der Waals surface area (Å²) >= 11 is 0.